The van der Waals surface area contributed by atoms with Crippen molar-refractivity contribution in [3.63, 3.8) is 0 Å². The number of halogens is 4. The van der Waals surface area contributed by atoms with Crippen LogP contribution in [0.3, 0.4) is 0 Å². The molecule has 0 saturated carbocycles. The summed E-state index contributed by atoms with van der Waals surface area (Å²) in [6.45, 7) is 3.75. The van der Waals surface area contributed by atoms with E-state index in [1.54, 1.807) is 36.4 Å². The van der Waals surface area contributed by atoms with E-state index >= 15 is 0 Å². The summed E-state index contributed by atoms with van der Waals surface area (Å²) in [5, 5.41) is 3.27. The lowest BCUT2D eigenvalue weighted by molar-refractivity contribution is -0.139. The van der Waals surface area contributed by atoms with Crippen molar-refractivity contribution < 1.29 is 21.6 Å². The van der Waals surface area contributed by atoms with E-state index in [0.717, 1.165) is 23.3 Å². The van der Waals surface area contributed by atoms with Gasteiger partial charge in [0.05, 0.1) is 32.2 Å². The molecule has 6 nitrogen and oxygen atoms in total. The minimum atomic E-state index is -4.87. The average molecular weight is 507 g/mol. The standard InChI is InChI=1S/C23H18ClF3N4O2S/c1-13-11-18-19(12-14(13)2)30-22(21(29-18)28-17-9-5-4-8-16(17)24)31-34(32,33)20-10-6-3-7-15(20)23(25,26)27/h3-12H,1-2H3,(H,28,29)(H,30,31). The summed E-state index contributed by atoms with van der Waals surface area (Å²) in [4.78, 5) is 7.92. The topological polar surface area (TPSA) is 84.0 Å². The second-order valence-corrected chi connectivity index (χ2v) is 9.61. The van der Waals surface area contributed by atoms with Crippen LogP contribution in [0.1, 0.15) is 16.7 Å². The molecule has 3 aromatic carbocycles. The Morgan fingerprint density at radius 3 is 2.03 bits per heavy atom. The van der Waals surface area contributed by atoms with Gasteiger partial charge in [0.25, 0.3) is 10.0 Å². The fraction of sp³-hybridized carbons (Fsp3) is 0.130. The van der Waals surface area contributed by atoms with Gasteiger partial charge in [-0.3, -0.25) is 4.72 Å². The molecule has 0 atom stereocenters. The normalized spacial score (nSPS) is 12.1. The third kappa shape index (κ3) is 4.78. The molecule has 0 amide bonds. The Kier molecular flexibility index (Phi) is 6.13. The number of anilines is 3. The third-order valence-corrected chi connectivity index (χ3v) is 6.85. The Balaban J connectivity index is 1.87. The van der Waals surface area contributed by atoms with Crippen LogP contribution in [0.5, 0.6) is 0 Å². The van der Waals surface area contributed by atoms with E-state index in [1.165, 1.54) is 6.07 Å². The van der Waals surface area contributed by atoms with Crippen LogP contribution in [-0.4, -0.2) is 18.4 Å². The number of aromatic nitrogens is 2. The van der Waals surface area contributed by atoms with E-state index in [1.807, 2.05) is 13.8 Å². The SMILES string of the molecule is Cc1cc2nc(Nc3ccccc3Cl)c(NS(=O)(=O)c3ccccc3C(F)(F)F)nc2cc1C. The summed E-state index contributed by atoms with van der Waals surface area (Å²) in [5.41, 5.74) is 1.80. The van der Waals surface area contributed by atoms with Gasteiger partial charge in [0, 0.05) is 0 Å². The Labute approximate surface area is 198 Å². The van der Waals surface area contributed by atoms with E-state index in [0.29, 0.717) is 27.8 Å². The number of aryl methyl sites for hydroxylation is 2. The zero-order chi connectivity index (χ0) is 24.7. The Morgan fingerprint density at radius 2 is 1.41 bits per heavy atom. The molecular formula is C23H18ClF3N4O2S. The molecule has 0 saturated heterocycles. The summed E-state index contributed by atoms with van der Waals surface area (Å²) < 4.78 is 68.7. The monoisotopic (exact) mass is 506 g/mol. The van der Waals surface area contributed by atoms with Gasteiger partial charge in [0.2, 0.25) is 0 Å². The Hall–Kier alpha value is -3.37. The lowest BCUT2D eigenvalue weighted by Gasteiger charge is -2.17. The summed E-state index contributed by atoms with van der Waals surface area (Å²) in [6.07, 6.45) is -4.87. The van der Waals surface area contributed by atoms with Gasteiger partial charge in [0.15, 0.2) is 11.6 Å². The van der Waals surface area contributed by atoms with E-state index in [9.17, 15) is 21.6 Å². The van der Waals surface area contributed by atoms with E-state index in [4.69, 9.17) is 11.6 Å². The highest BCUT2D eigenvalue weighted by molar-refractivity contribution is 7.92. The highest BCUT2D eigenvalue weighted by Gasteiger charge is 2.37. The van der Waals surface area contributed by atoms with Crippen molar-refractivity contribution in [2.24, 2.45) is 0 Å². The second kappa shape index (κ2) is 8.77. The van der Waals surface area contributed by atoms with Gasteiger partial charge >= 0.3 is 6.18 Å². The molecule has 2 N–H and O–H groups in total. The van der Waals surface area contributed by atoms with Crippen molar-refractivity contribution in [2.75, 3.05) is 10.0 Å². The molecule has 1 aromatic heterocycles. The first kappa shape index (κ1) is 23.8. The number of alkyl halides is 3. The van der Waals surface area contributed by atoms with Gasteiger partial charge in [-0.15, -0.1) is 0 Å². The fourth-order valence-corrected chi connectivity index (χ4v) is 4.70. The van der Waals surface area contributed by atoms with Crippen molar-refractivity contribution in [1.82, 2.24) is 9.97 Å². The molecule has 11 heteroatoms. The van der Waals surface area contributed by atoms with Crippen molar-refractivity contribution in [1.29, 1.82) is 0 Å². The van der Waals surface area contributed by atoms with Gasteiger partial charge in [-0.1, -0.05) is 35.9 Å². The summed E-state index contributed by atoms with van der Waals surface area (Å²) in [6, 6.07) is 14.1. The first-order chi connectivity index (χ1) is 16.0. The maximum Gasteiger partial charge on any atom is 0.417 e. The van der Waals surface area contributed by atoms with E-state index in [2.05, 4.69) is 20.0 Å². The van der Waals surface area contributed by atoms with Gasteiger partial charge in [0.1, 0.15) is 0 Å². The van der Waals surface area contributed by atoms with Gasteiger partial charge < -0.3 is 5.32 Å². The van der Waals surface area contributed by atoms with Crippen molar-refractivity contribution >= 4 is 50.0 Å². The average Bonchev–Trinajstić information content (AvgIpc) is 2.76. The lowest BCUT2D eigenvalue weighted by Crippen LogP contribution is -2.20. The number of nitrogens with one attached hydrogen (secondary N) is 2. The summed E-state index contributed by atoms with van der Waals surface area (Å²) in [7, 11) is -4.68. The molecule has 0 fully saturated rings. The third-order valence-electron chi connectivity index (χ3n) is 5.12. The minimum absolute atomic E-state index is 0.0167. The predicted octanol–water partition coefficient (Wildman–Crippen LogP) is 6.46. The van der Waals surface area contributed by atoms with Gasteiger partial charge in [-0.2, -0.15) is 13.2 Å². The molecule has 34 heavy (non-hydrogen) atoms. The number of sulfonamides is 1. The van der Waals surface area contributed by atoms with Crippen LogP contribution < -0.4 is 10.0 Å². The molecule has 176 valence electrons. The van der Waals surface area contributed by atoms with Crippen LogP contribution in [0.2, 0.25) is 5.02 Å². The van der Waals surface area contributed by atoms with Crippen LogP contribution in [0.25, 0.3) is 11.0 Å². The first-order valence-electron chi connectivity index (χ1n) is 9.95. The van der Waals surface area contributed by atoms with Crippen LogP contribution >= 0.6 is 11.6 Å². The van der Waals surface area contributed by atoms with E-state index in [-0.39, 0.29) is 11.6 Å². The number of rotatable bonds is 5. The molecule has 0 aliphatic carbocycles. The predicted molar refractivity (Wildman–Crippen MR) is 126 cm³/mol. The Bertz CT molecular complexity index is 1510. The number of hydrogen-bond donors (Lipinski definition) is 2. The van der Waals surface area contributed by atoms with Crippen molar-refractivity contribution in [3.8, 4) is 0 Å². The molecule has 0 radical (unpaired) electrons. The fourth-order valence-electron chi connectivity index (χ4n) is 3.28. The maximum atomic E-state index is 13.5. The lowest BCUT2D eigenvalue weighted by atomic mass is 10.1. The molecule has 0 aliphatic rings. The van der Waals surface area contributed by atoms with Crippen LogP contribution in [0.4, 0.5) is 30.5 Å². The largest absolute Gasteiger partial charge is 0.417 e. The quantitative estimate of drug-likeness (QED) is 0.324. The zero-order valence-corrected chi connectivity index (χ0v) is 19.5. The van der Waals surface area contributed by atoms with Crippen molar-refractivity contribution in [3.05, 3.63) is 82.4 Å². The highest BCUT2D eigenvalue weighted by Crippen LogP contribution is 2.36. The van der Waals surface area contributed by atoms with Gasteiger partial charge in [-0.25, -0.2) is 18.4 Å². The minimum Gasteiger partial charge on any atom is -0.336 e. The maximum absolute atomic E-state index is 13.5. The molecular weight excluding hydrogens is 489 g/mol. The van der Waals surface area contributed by atoms with Gasteiger partial charge in [-0.05, 0) is 61.4 Å². The molecule has 0 aliphatic heterocycles. The molecule has 0 bridgehead atoms. The summed E-state index contributed by atoms with van der Waals surface area (Å²) >= 11 is 6.22. The van der Waals surface area contributed by atoms with E-state index < -0.39 is 26.7 Å². The number of benzene rings is 3. The molecule has 0 unspecified atom stereocenters. The van der Waals surface area contributed by atoms with Crippen molar-refractivity contribution in [2.45, 2.75) is 24.9 Å². The molecule has 1 heterocycles. The smallest absolute Gasteiger partial charge is 0.336 e. The first-order valence-corrected chi connectivity index (χ1v) is 11.8. The highest BCUT2D eigenvalue weighted by atomic mass is 35.5. The number of fused-ring (bicyclic) bond motifs is 1. The van der Waals surface area contributed by atoms with Crippen LogP contribution in [0.15, 0.2) is 65.6 Å². The van der Waals surface area contributed by atoms with Crippen LogP contribution in [-0.2, 0) is 16.2 Å². The molecule has 4 aromatic rings. The molecule has 4 rings (SSSR count). The number of hydrogen-bond acceptors (Lipinski definition) is 5. The second-order valence-electron chi connectivity index (χ2n) is 7.55. The number of nitrogens with zero attached hydrogens (tertiary/aromatic N) is 2. The molecule has 0 spiro atoms. The van der Waals surface area contributed by atoms with Crippen LogP contribution in [0, 0.1) is 13.8 Å². The number of para-hydroxylation sites is 1. The Morgan fingerprint density at radius 1 is 0.853 bits per heavy atom. The zero-order valence-electron chi connectivity index (χ0n) is 17.9. The summed E-state index contributed by atoms with van der Waals surface area (Å²) in [5.74, 6) is -0.287.